The van der Waals surface area contributed by atoms with Crippen molar-refractivity contribution in [2.75, 3.05) is 0 Å². The third kappa shape index (κ3) is 3.38. The number of hydrogen-bond acceptors (Lipinski definition) is 2. The zero-order valence-corrected chi connectivity index (χ0v) is 12.4. The summed E-state index contributed by atoms with van der Waals surface area (Å²) in [5.74, 6) is 0. The van der Waals surface area contributed by atoms with Gasteiger partial charge in [0.1, 0.15) is 0 Å². The minimum absolute atomic E-state index is 0.676. The third-order valence-corrected chi connectivity index (χ3v) is 4.68. The van der Waals surface area contributed by atoms with Crippen LogP contribution >= 0.6 is 46.0 Å². The van der Waals surface area contributed by atoms with Gasteiger partial charge in [-0.2, -0.15) is 5.26 Å². The first-order valence-corrected chi connectivity index (χ1v) is 7.09. The van der Waals surface area contributed by atoms with Crippen LogP contribution < -0.4 is 0 Å². The van der Waals surface area contributed by atoms with E-state index in [-0.39, 0.29) is 0 Å². The van der Waals surface area contributed by atoms with E-state index >= 15 is 0 Å². The molecule has 0 bridgehead atoms. The average molecular weight is 372 g/mol. The number of rotatable bonds is 2. The van der Waals surface area contributed by atoms with Gasteiger partial charge in [0.15, 0.2) is 0 Å². The monoisotopic (exact) mass is 371 g/mol. The predicted octanol–water partition coefficient (Wildman–Crippen LogP) is 4.97. The molecule has 0 heterocycles. The molecule has 0 saturated heterocycles. The van der Waals surface area contributed by atoms with Gasteiger partial charge in [-0.1, -0.05) is 23.4 Å². The Morgan fingerprint density at radius 3 is 2.29 bits per heavy atom. The minimum Gasteiger partial charge on any atom is -0.192 e. The van der Waals surface area contributed by atoms with Crippen molar-refractivity contribution in [1.82, 2.24) is 0 Å². The van der Waals surface area contributed by atoms with Crippen LogP contribution in [-0.2, 0) is 0 Å². The maximum Gasteiger partial charge on any atom is 0.0991 e. The molecule has 0 amide bonds. The normalized spacial score (nSPS) is 9.94. The summed E-state index contributed by atoms with van der Waals surface area (Å²) < 4.78 is 1.05. The predicted molar refractivity (Wildman–Crippen MR) is 79.4 cm³/mol. The van der Waals surface area contributed by atoms with Crippen molar-refractivity contribution in [2.24, 2.45) is 0 Å². The van der Waals surface area contributed by atoms with Gasteiger partial charge in [0.25, 0.3) is 0 Å². The van der Waals surface area contributed by atoms with Gasteiger partial charge in [-0.3, -0.25) is 0 Å². The van der Waals surface area contributed by atoms with Crippen LogP contribution in [-0.4, -0.2) is 0 Å². The summed E-state index contributed by atoms with van der Waals surface area (Å²) in [6.07, 6.45) is 0. The van der Waals surface area contributed by atoms with E-state index in [4.69, 9.17) is 16.9 Å². The number of halogens is 2. The van der Waals surface area contributed by atoms with Crippen LogP contribution in [0.3, 0.4) is 0 Å². The van der Waals surface area contributed by atoms with E-state index in [9.17, 15) is 0 Å². The summed E-state index contributed by atoms with van der Waals surface area (Å²) in [7, 11) is 0. The minimum atomic E-state index is 0.676. The van der Waals surface area contributed by atoms with Crippen molar-refractivity contribution in [1.29, 1.82) is 5.26 Å². The van der Waals surface area contributed by atoms with E-state index in [1.807, 2.05) is 42.5 Å². The molecule has 0 aromatic heterocycles. The van der Waals surface area contributed by atoms with Crippen LogP contribution in [0.4, 0.5) is 0 Å². The molecule has 4 heteroatoms. The van der Waals surface area contributed by atoms with Crippen LogP contribution in [0.2, 0.25) is 5.02 Å². The number of nitriles is 1. The molecule has 2 rings (SSSR count). The van der Waals surface area contributed by atoms with E-state index in [0.717, 1.165) is 18.4 Å². The van der Waals surface area contributed by atoms with Gasteiger partial charge < -0.3 is 0 Å². The summed E-state index contributed by atoms with van der Waals surface area (Å²) in [5.41, 5.74) is 0.676. The average Bonchev–Trinajstić information content (AvgIpc) is 2.35. The van der Waals surface area contributed by atoms with Crippen molar-refractivity contribution < 1.29 is 0 Å². The van der Waals surface area contributed by atoms with Crippen molar-refractivity contribution in [2.45, 2.75) is 9.79 Å². The Bertz CT molecular complexity index is 575. The fourth-order valence-corrected chi connectivity index (χ4v) is 2.71. The molecular weight excluding hydrogens is 365 g/mol. The van der Waals surface area contributed by atoms with E-state index in [0.29, 0.717) is 5.56 Å². The smallest absolute Gasteiger partial charge is 0.0991 e. The molecule has 0 aliphatic heterocycles. The second kappa shape index (κ2) is 5.76. The van der Waals surface area contributed by atoms with Crippen LogP contribution in [0.1, 0.15) is 5.56 Å². The fourth-order valence-electron chi connectivity index (χ4n) is 1.27. The molecule has 2 aromatic carbocycles. The highest BCUT2D eigenvalue weighted by Crippen LogP contribution is 2.31. The van der Waals surface area contributed by atoms with Gasteiger partial charge in [-0.15, -0.1) is 0 Å². The second-order valence-corrected chi connectivity index (χ2v) is 6.03. The molecule has 0 atom stereocenters. The number of nitrogens with zero attached hydrogens (tertiary/aromatic N) is 1. The highest BCUT2D eigenvalue weighted by atomic mass is 127. The SMILES string of the molecule is N#Cc1ccc(Sc2ccc(I)c(Cl)c2)cc1. The van der Waals surface area contributed by atoms with Gasteiger partial charge >= 0.3 is 0 Å². The van der Waals surface area contributed by atoms with Crippen molar-refractivity contribution in [3.05, 3.63) is 56.6 Å². The van der Waals surface area contributed by atoms with Crippen LogP contribution in [0.5, 0.6) is 0 Å². The molecule has 0 unspecified atom stereocenters. The second-order valence-electron chi connectivity index (χ2n) is 3.31. The molecule has 0 saturated carbocycles. The standard InChI is InChI=1S/C13H7ClINS/c14-12-7-11(5-6-13(12)15)17-10-3-1-9(8-16)2-4-10/h1-7H. The Balaban J connectivity index is 2.20. The lowest BCUT2D eigenvalue weighted by molar-refractivity contribution is 1.38. The van der Waals surface area contributed by atoms with E-state index in [1.165, 1.54) is 0 Å². The fraction of sp³-hybridized carbons (Fsp3) is 0. The topological polar surface area (TPSA) is 23.8 Å². The lowest BCUT2D eigenvalue weighted by atomic mass is 10.2. The van der Waals surface area contributed by atoms with Gasteiger partial charge in [-0.05, 0) is 65.1 Å². The Labute approximate surface area is 123 Å². The molecule has 0 aliphatic rings. The molecule has 0 fully saturated rings. The van der Waals surface area contributed by atoms with Crippen molar-refractivity contribution >= 4 is 46.0 Å². The van der Waals surface area contributed by atoms with E-state index in [2.05, 4.69) is 28.7 Å². The highest BCUT2D eigenvalue weighted by Gasteiger charge is 2.01. The van der Waals surface area contributed by atoms with Crippen molar-refractivity contribution in [3.8, 4) is 6.07 Å². The molecule has 17 heavy (non-hydrogen) atoms. The number of hydrogen-bond donors (Lipinski definition) is 0. The van der Waals surface area contributed by atoms with Gasteiger partial charge in [0, 0.05) is 13.4 Å². The summed E-state index contributed by atoms with van der Waals surface area (Å²) in [5, 5.41) is 9.48. The third-order valence-electron chi connectivity index (χ3n) is 2.11. The Morgan fingerprint density at radius 2 is 1.71 bits per heavy atom. The lowest BCUT2D eigenvalue weighted by Gasteiger charge is -2.03. The first kappa shape index (κ1) is 12.7. The molecule has 0 spiro atoms. The number of benzene rings is 2. The first-order chi connectivity index (χ1) is 8.19. The highest BCUT2D eigenvalue weighted by molar-refractivity contribution is 14.1. The summed E-state index contributed by atoms with van der Waals surface area (Å²) >= 11 is 9.90. The lowest BCUT2D eigenvalue weighted by Crippen LogP contribution is -1.78. The van der Waals surface area contributed by atoms with Crippen molar-refractivity contribution in [3.63, 3.8) is 0 Å². The summed E-state index contributed by atoms with van der Waals surface area (Å²) in [6.45, 7) is 0. The van der Waals surface area contributed by atoms with Gasteiger partial charge in [0.05, 0.1) is 16.7 Å². The summed E-state index contributed by atoms with van der Waals surface area (Å²) in [4.78, 5) is 2.20. The Hall–Kier alpha value is -0.700. The van der Waals surface area contributed by atoms with E-state index < -0.39 is 0 Å². The molecule has 0 aliphatic carbocycles. The maximum absolute atomic E-state index is 8.71. The zero-order valence-electron chi connectivity index (χ0n) is 8.65. The molecule has 84 valence electrons. The van der Waals surface area contributed by atoms with Crippen LogP contribution in [0.15, 0.2) is 52.3 Å². The Morgan fingerprint density at radius 1 is 1.06 bits per heavy atom. The first-order valence-electron chi connectivity index (χ1n) is 4.82. The summed E-state index contributed by atoms with van der Waals surface area (Å²) in [6, 6.07) is 15.6. The molecule has 2 aromatic rings. The largest absolute Gasteiger partial charge is 0.192 e. The van der Waals surface area contributed by atoms with E-state index in [1.54, 1.807) is 11.8 Å². The Kier molecular flexibility index (Phi) is 4.32. The van der Waals surface area contributed by atoms with Gasteiger partial charge in [0.2, 0.25) is 0 Å². The van der Waals surface area contributed by atoms with Crippen LogP contribution in [0.25, 0.3) is 0 Å². The van der Waals surface area contributed by atoms with Gasteiger partial charge in [-0.25, -0.2) is 0 Å². The molecule has 0 radical (unpaired) electrons. The molecule has 0 N–H and O–H groups in total. The molecule has 1 nitrogen and oxygen atoms in total. The zero-order chi connectivity index (χ0) is 12.3. The quantitative estimate of drug-likeness (QED) is 0.696. The molecular formula is C13H7ClINS. The van der Waals surface area contributed by atoms with Crippen LogP contribution in [0, 0.1) is 14.9 Å². The maximum atomic E-state index is 8.71.